The molecule has 5 nitrogen and oxygen atoms in total. The Morgan fingerprint density at radius 1 is 1.43 bits per heavy atom. The maximum atomic E-state index is 11.3. The Hall–Kier alpha value is -1.91. The molecule has 0 radical (unpaired) electrons. The summed E-state index contributed by atoms with van der Waals surface area (Å²) in [6.07, 6.45) is 0.359. The van der Waals surface area contributed by atoms with Crippen LogP contribution in [0.3, 0.4) is 0 Å². The van der Waals surface area contributed by atoms with E-state index < -0.39 is 10.7 Å². The van der Waals surface area contributed by atoms with E-state index in [1.165, 1.54) is 19.9 Å². The molecule has 14 heavy (non-hydrogen) atoms. The van der Waals surface area contributed by atoms with Gasteiger partial charge in [0.05, 0.1) is 4.92 Å². The van der Waals surface area contributed by atoms with Gasteiger partial charge in [-0.3, -0.25) is 14.9 Å². The lowest BCUT2D eigenvalue weighted by molar-refractivity contribution is -0.385. The zero-order valence-electron chi connectivity index (χ0n) is 7.73. The van der Waals surface area contributed by atoms with E-state index >= 15 is 0 Å². The molecule has 0 aliphatic rings. The van der Waals surface area contributed by atoms with Crippen LogP contribution in [-0.4, -0.2) is 11.2 Å². The van der Waals surface area contributed by atoms with Crippen LogP contribution >= 0.6 is 0 Å². The number of carbonyl (C=O) groups excluding carboxylic acids is 1. The van der Waals surface area contributed by atoms with E-state index in [4.69, 9.17) is 0 Å². The molecule has 0 saturated heterocycles. The Morgan fingerprint density at radius 2 is 2.00 bits per heavy atom. The highest BCUT2D eigenvalue weighted by Crippen LogP contribution is 2.29. The molecule has 0 N–H and O–H groups in total. The minimum atomic E-state index is -0.602. The van der Waals surface area contributed by atoms with Gasteiger partial charge in [0.1, 0.15) is 6.29 Å². The number of nitrogens with zero attached hydrogens (tertiary/aromatic N) is 1. The predicted octanol–water partition coefficient (Wildman–Crippen LogP) is 1.10. The summed E-state index contributed by atoms with van der Waals surface area (Å²) in [5.41, 5.74) is 0.0194. The number of aryl methyl sites for hydroxylation is 1. The molecule has 0 fully saturated rings. The highest BCUT2D eigenvalue weighted by molar-refractivity contribution is 5.84. The van der Waals surface area contributed by atoms with Crippen molar-refractivity contribution in [2.24, 2.45) is 0 Å². The zero-order chi connectivity index (χ0) is 10.9. The van der Waals surface area contributed by atoms with E-state index in [1.54, 1.807) is 0 Å². The van der Waals surface area contributed by atoms with Gasteiger partial charge in [0.25, 0.3) is 5.69 Å². The lowest BCUT2D eigenvalue weighted by Crippen LogP contribution is -2.04. The minimum Gasteiger partial charge on any atom is -0.872 e. The average molecular weight is 194 g/mol. The summed E-state index contributed by atoms with van der Waals surface area (Å²) in [5.74, 6) is -0.442. The molecule has 0 amide bonds. The monoisotopic (exact) mass is 194 g/mol. The number of carbonyl (C=O) groups is 1. The molecule has 1 aromatic carbocycles. The van der Waals surface area contributed by atoms with Crippen molar-refractivity contribution >= 4 is 12.0 Å². The van der Waals surface area contributed by atoms with Gasteiger partial charge in [0.2, 0.25) is 0 Å². The third-order valence-corrected chi connectivity index (χ3v) is 2.06. The van der Waals surface area contributed by atoms with Crippen LogP contribution in [0.1, 0.15) is 21.5 Å². The van der Waals surface area contributed by atoms with Crippen molar-refractivity contribution in [1.29, 1.82) is 0 Å². The van der Waals surface area contributed by atoms with Crippen LogP contribution in [0.15, 0.2) is 6.07 Å². The molecule has 5 heteroatoms. The second-order valence-corrected chi connectivity index (χ2v) is 2.96. The molecule has 0 aromatic heterocycles. The fourth-order valence-electron chi connectivity index (χ4n) is 1.23. The maximum Gasteiger partial charge on any atom is 0.273 e. The van der Waals surface area contributed by atoms with E-state index in [2.05, 4.69) is 0 Å². The van der Waals surface area contributed by atoms with Gasteiger partial charge in [-0.25, -0.2) is 0 Å². The van der Waals surface area contributed by atoms with Gasteiger partial charge in [0, 0.05) is 17.2 Å². The number of benzene rings is 1. The number of hydrogen-bond donors (Lipinski definition) is 0. The first-order valence-electron chi connectivity index (χ1n) is 3.89. The van der Waals surface area contributed by atoms with Crippen LogP contribution in [-0.2, 0) is 0 Å². The normalized spacial score (nSPS) is 9.86. The van der Waals surface area contributed by atoms with Gasteiger partial charge in [-0.2, -0.15) is 0 Å². The topological polar surface area (TPSA) is 83.3 Å². The zero-order valence-corrected chi connectivity index (χ0v) is 7.73. The maximum absolute atomic E-state index is 11.3. The predicted molar refractivity (Wildman–Crippen MR) is 47.4 cm³/mol. The van der Waals surface area contributed by atoms with Crippen LogP contribution < -0.4 is 5.11 Å². The lowest BCUT2D eigenvalue weighted by Gasteiger charge is -2.14. The molecule has 0 bridgehead atoms. The van der Waals surface area contributed by atoms with Crippen LogP contribution in [0.2, 0.25) is 0 Å². The minimum absolute atomic E-state index is 0.126. The second-order valence-electron chi connectivity index (χ2n) is 2.96. The Labute approximate surface area is 80.1 Å². The summed E-state index contributed by atoms with van der Waals surface area (Å²) in [5, 5.41) is 21.9. The molecule has 0 aliphatic heterocycles. The van der Waals surface area contributed by atoms with Crippen molar-refractivity contribution < 1.29 is 14.8 Å². The SMILES string of the molecule is Cc1cc([N+](=O)[O-])c(C)c(C=O)c1[O-]. The van der Waals surface area contributed by atoms with Crippen LogP contribution in [0.4, 0.5) is 5.69 Å². The average Bonchev–Trinajstić information content (AvgIpc) is 2.12. The molecule has 0 aliphatic carbocycles. The number of hydrogen-bond acceptors (Lipinski definition) is 4. The first kappa shape index (κ1) is 10.2. The largest absolute Gasteiger partial charge is 0.872 e. The van der Waals surface area contributed by atoms with Crippen molar-refractivity contribution in [2.75, 3.05) is 0 Å². The summed E-state index contributed by atoms with van der Waals surface area (Å²) in [6, 6.07) is 1.19. The van der Waals surface area contributed by atoms with Crippen molar-refractivity contribution in [3.63, 3.8) is 0 Å². The molecule has 0 spiro atoms. The summed E-state index contributed by atoms with van der Waals surface area (Å²) >= 11 is 0. The van der Waals surface area contributed by atoms with E-state index in [0.717, 1.165) is 0 Å². The summed E-state index contributed by atoms with van der Waals surface area (Å²) in [6.45, 7) is 2.84. The van der Waals surface area contributed by atoms with Gasteiger partial charge in [-0.1, -0.05) is 11.3 Å². The van der Waals surface area contributed by atoms with Gasteiger partial charge >= 0.3 is 0 Å². The summed E-state index contributed by atoms with van der Waals surface area (Å²) < 4.78 is 0. The van der Waals surface area contributed by atoms with Gasteiger partial charge in [-0.15, -0.1) is 0 Å². The van der Waals surface area contributed by atoms with Crippen LogP contribution in [0.5, 0.6) is 5.75 Å². The fraction of sp³-hybridized carbons (Fsp3) is 0.222. The van der Waals surface area contributed by atoms with Crippen molar-refractivity contribution in [1.82, 2.24) is 0 Å². The molecule has 0 unspecified atom stereocenters. The highest BCUT2D eigenvalue weighted by atomic mass is 16.6. The van der Waals surface area contributed by atoms with Crippen molar-refractivity contribution in [3.05, 3.63) is 32.9 Å². The van der Waals surface area contributed by atoms with E-state index in [1.807, 2.05) is 0 Å². The summed E-state index contributed by atoms with van der Waals surface area (Å²) in [7, 11) is 0. The molecule has 1 aromatic rings. The van der Waals surface area contributed by atoms with Crippen LogP contribution in [0.25, 0.3) is 0 Å². The number of rotatable bonds is 2. The quantitative estimate of drug-likeness (QED) is 0.401. The molecule has 74 valence electrons. The molecule has 0 saturated carbocycles. The van der Waals surface area contributed by atoms with E-state index in [-0.39, 0.29) is 22.4 Å². The Bertz CT molecular complexity index is 412. The van der Waals surface area contributed by atoms with Gasteiger partial charge in [-0.05, 0) is 13.8 Å². The Balaban J connectivity index is 3.58. The smallest absolute Gasteiger partial charge is 0.273 e. The van der Waals surface area contributed by atoms with Crippen molar-refractivity contribution in [3.8, 4) is 5.75 Å². The third kappa shape index (κ3) is 1.44. The first-order chi connectivity index (χ1) is 6.49. The van der Waals surface area contributed by atoms with E-state index in [0.29, 0.717) is 6.29 Å². The number of nitro groups is 1. The molecule has 1 rings (SSSR count). The molecule has 0 heterocycles. The summed E-state index contributed by atoms with van der Waals surface area (Å²) in [4.78, 5) is 20.5. The standard InChI is InChI=1S/C9H9NO4/c1-5-3-8(10(13)14)6(2)7(4-11)9(5)12/h3-4,12H,1-2H3/p-1. The third-order valence-electron chi connectivity index (χ3n) is 2.06. The van der Waals surface area contributed by atoms with Crippen molar-refractivity contribution in [2.45, 2.75) is 13.8 Å². The van der Waals surface area contributed by atoms with Crippen LogP contribution in [0, 0.1) is 24.0 Å². The lowest BCUT2D eigenvalue weighted by atomic mass is 10.0. The van der Waals surface area contributed by atoms with E-state index in [9.17, 15) is 20.0 Å². The second kappa shape index (κ2) is 3.45. The van der Waals surface area contributed by atoms with Gasteiger partial charge < -0.3 is 5.11 Å². The number of aldehydes is 1. The molecule has 0 atom stereocenters. The van der Waals surface area contributed by atoms with Gasteiger partial charge in [0.15, 0.2) is 0 Å². The number of nitro benzene ring substituents is 1. The Kier molecular flexibility index (Phi) is 2.51. The fourth-order valence-corrected chi connectivity index (χ4v) is 1.23. The Morgan fingerprint density at radius 3 is 2.43 bits per heavy atom. The highest BCUT2D eigenvalue weighted by Gasteiger charge is 2.15. The molecular formula is C9H8NO4-. The molecular weight excluding hydrogens is 186 g/mol. The first-order valence-corrected chi connectivity index (χ1v) is 3.89.